The molecule has 4 unspecified atom stereocenters. The Labute approximate surface area is 132 Å². The smallest absolute Gasteiger partial charge is 0.330 e. The first-order chi connectivity index (χ1) is 10.2. The molecule has 3 aliphatic rings. The van der Waals surface area contributed by atoms with Crippen LogP contribution >= 0.6 is 0 Å². The molecule has 3 rings (SSSR count). The standard InChI is InChI=1S/C18H26O4/c1-5-14(19)21-17(4)9-13-8-12(16(2,3)11-17)10-18(13)7-6-15(20)22-18/h5,12-13H,1,6-11H2,2-4H3. The van der Waals surface area contributed by atoms with Crippen molar-refractivity contribution < 1.29 is 19.1 Å². The maximum atomic E-state index is 11.8. The Bertz CT molecular complexity index is 523. The highest BCUT2D eigenvalue weighted by Gasteiger charge is 2.60. The molecule has 3 fully saturated rings. The molecule has 0 radical (unpaired) electrons. The maximum absolute atomic E-state index is 11.8. The zero-order chi connectivity index (χ0) is 16.2. The van der Waals surface area contributed by atoms with Crippen molar-refractivity contribution in [2.45, 2.75) is 70.5 Å². The lowest BCUT2D eigenvalue weighted by Crippen LogP contribution is -2.45. The lowest BCUT2D eigenvalue weighted by Gasteiger charge is -2.43. The molecule has 1 saturated heterocycles. The van der Waals surface area contributed by atoms with Crippen molar-refractivity contribution in [1.82, 2.24) is 0 Å². The fourth-order valence-corrected chi connectivity index (χ4v) is 5.23. The van der Waals surface area contributed by atoms with Gasteiger partial charge in [0.25, 0.3) is 0 Å². The van der Waals surface area contributed by atoms with Gasteiger partial charge in [0.2, 0.25) is 0 Å². The van der Waals surface area contributed by atoms with Gasteiger partial charge < -0.3 is 9.47 Å². The lowest BCUT2D eigenvalue weighted by atomic mass is 9.69. The van der Waals surface area contributed by atoms with Crippen molar-refractivity contribution >= 4 is 11.9 Å². The van der Waals surface area contributed by atoms with Gasteiger partial charge in [-0.1, -0.05) is 20.4 Å². The molecular formula is C18H26O4. The van der Waals surface area contributed by atoms with Gasteiger partial charge in [-0.05, 0) is 50.4 Å². The summed E-state index contributed by atoms with van der Waals surface area (Å²) < 4.78 is 11.5. The number of rotatable bonds is 2. The highest BCUT2D eigenvalue weighted by molar-refractivity contribution is 5.81. The highest BCUT2D eigenvalue weighted by atomic mass is 16.6. The summed E-state index contributed by atoms with van der Waals surface area (Å²) in [6.45, 7) is 10.0. The van der Waals surface area contributed by atoms with E-state index in [1.807, 2.05) is 6.92 Å². The van der Waals surface area contributed by atoms with E-state index < -0.39 is 5.60 Å². The van der Waals surface area contributed by atoms with Gasteiger partial charge in [-0.3, -0.25) is 4.79 Å². The van der Waals surface area contributed by atoms with Crippen molar-refractivity contribution in [1.29, 1.82) is 0 Å². The molecular weight excluding hydrogens is 280 g/mol. The molecule has 122 valence electrons. The number of hydrogen-bond donors (Lipinski definition) is 0. The predicted octanol–water partition coefficient (Wildman–Crippen LogP) is 3.40. The first-order valence-corrected chi connectivity index (χ1v) is 8.25. The third-order valence-corrected chi connectivity index (χ3v) is 6.10. The van der Waals surface area contributed by atoms with Crippen molar-refractivity contribution in [3.8, 4) is 0 Å². The van der Waals surface area contributed by atoms with Crippen LogP contribution in [0.4, 0.5) is 0 Å². The SMILES string of the molecule is C=CC(=O)OC1(C)CC2CC(CC23CCC(=O)O3)C(C)(C)C1. The molecule has 2 aliphatic carbocycles. The van der Waals surface area contributed by atoms with E-state index >= 15 is 0 Å². The number of carbonyl (C=O) groups excluding carboxylic acids is 2. The molecule has 22 heavy (non-hydrogen) atoms. The monoisotopic (exact) mass is 306 g/mol. The summed E-state index contributed by atoms with van der Waals surface area (Å²) in [7, 11) is 0. The number of esters is 2. The normalized spacial score (nSPS) is 42.8. The molecule has 1 aliphatic heterocycles. The van der Waals surface area contributed by atoms with E-state index in [0.29, 0.717) is 12.3 Å². The average Bonchev–Trinajstić information content (AvgIpc) is 2.91. The molecule has 4 heteroatoms. The van der Waals surface area contributed by atoms with E-state index in [0.717, 1.165) is 32.1 Å². The maximum Gasteiger partial charge on any atom is 0.330 e. The van der Waals surface area contributed by atoms with Gasteiger partial charge in [0.15, 0.2) is 0 Å². The second-order valence-electron chi connectivity index (χ2n) is 8.32. The summed E-state index contributed by atoms with van der Waals surface area (Å²) in [5.74, 6) is 0.350. The Balaban J connectivity index is 1.91. The van der Waals surface area contributed by atoms with Crippen LogP contribution < -0.4 is 0 Å². The summed E-state index contributed by atoms with van der Waals surface area (Å²) in [4.78, 5) is 23.5. The van der Waals surface area contributed by atoms with Crippen LogP contribution in [0.1, 0.15) is 59.3 Å². The Morgan fingerprint density at radius 3 is 2.64 bits per heavy atom. The second kappa shape index (κ2) is 4.84. The number of fused-ring (bicyclic) bond motifs is 3. The molecule has 4 nitrogen and oxygen atoms in total. The molecule has 2 bridgehead atoms. The molecule has 1 spiro atoms. The highest BCUT2D eigenvalue weighted by Crippen LogP contribution is 2.60. The van der Waals surface area contributed by atoms with E-state index in [-0.39, 0.29) is 28.9 Å². The van der Waals surface area contributed by atoms with Crippen LogP contribution in [0, 0.1) is 17.3 Å². The Morgan fingerprint density at radius 1 is 1.32 bits per heavy atom. The van der Waals surface area contributed by atoms with Crippen LogP contribution in [0.5, 0.6) is 0 Å². The van der Waals surface area contributed by atoms with Gasteiger partial charge in [-0.15, -0.1) is 0 Å². The fourth-order valence-electron chi connectivity index (χ4n) is 5.23. The summed E-state index contributed by atoms with van der Waals surface area (Å²) in [6.07, 6.45) is 6.18. The van der Waals surface area contributed by atoms with Crippen molar-refractivity contribution in [2.24, 2.45) is 17.3 Å². The quantitative estimate of drug-likeness (QED) is 0.579. The molecule has 1 heterocycles. The molecule has 0 aromatic heterocycles. The molecule has 4 atom stereocenters. The van der Waals surface area contributed by atoms with Gasteiger partial charge in [-0.25, -0.2) is 4.79 Å². The second-order valence-corrected chi connectivity index (χ2v) is 8.32. The van der Waals surface area contributed by atoms with E-state index in [1.165, 1.54) is 6.08 Å². The van der Waals surface area contributed by atoms with Crippen molar-refractivity contribution in [2.75, 3.05) is 0 Å². The minimum atomic E-state index is -0.517. The minimum Gasteiger partial charge on any atom is -0.459 e. The van der Waals surface area contributed by atoms with Crippen LogP contribution in [0.2, 0.25) is 0 Å². The molecule has 0 aromatic carbocycles. The van der Waals surface area contributed by atoms with Gasteiger partial charge in [0.05, 0.1) is 0 Å². The summed E-state index contributed by atoms with van der Waals surface area (Å²) in [5, 5.41) is 0. The van der Waals surface area contributed by atoms with Gasteiger partial charge in [-0.2, -0.15) is 0 Å². The number of hydrogen-bond acceptors (Lipinski definition) is 4. The van der Waals surface area contributed by atoms with E-state index in [1.54, 1.807) is 0 Å². The lowest BCUT2D eigenvalue weighted by molar-refractivity contribution is -0.166. The van der Waals surface area contributed by atoms with Gasteiger partial charge in [0, 0.05) is 18.4 Å². The summed E-state index contributed by atoms with van der Waals surface area (Å²) in [6, 6.07) is 0. The third kappa shape index (κ3) is 2.46. The number of carbonyl (C=O) groups is 2. The fraction of sp³-hybridized carbons (Fsp3) is 0.778. The average molecular weight is 306 g/mol. The Kier molecular flexibility index (Phi) is 3.42. The number of ether oxygens (including phenoxy) is 2. The molecule has 2 saturated carbocycles. The molecule has 0 amide bonds. The Morgan fingerprint density at radius 2 is 2.05 bits per heavy atom. The van der Waals surface area contributed by atoms with Crippen LogP contribution in [-0.4, -0.2) is 23.1 Å². The van der Waals surface area contributed by atoms with Gasteiger partial charge >= 0.3 is 11.9 Å². The van der Waals surface area contributed by atoms with Crippen LogP contribution in [0.25, 0.3) is 0 Å². The predicted molar refractivity (Wildman–Crippen MR) is 82.0 cm³/mol. The topological polar surface area (TPSA) is 52.6 Å². The van der Waals surface area contributed by atoms with E-state index in [2.05, 4.69) is 20.4 Å². The largest absolute Gasteiger partial charge is 0.459 e. The molecule has 0 N–H and O–H groups in total. The first kappa shape index (κ1) is 15.6. The minimum absolute atomic E-state index is 0.0590. The van der Waals surface area contributed by atoms with Crippen LogP contribution in [0.3, 0.4) is 0 Å². The van der Waals surface area contributed by atoms with Crippen molar-refractivity contribution in [3.63, 3.8) is 0 Å². The summed E-state index contributed by atoms with van der Waals surface area (Å²) >= 11 is 0. The van der Waals surface area contributed by atoms with Crippen LogP contribution in [-0.2, 0) is 19.1 Å². The van der Waals surface area contributed by atoms with Gasteiger partial charge in [0.1, 0.15) is 11.2 Å². The van der Waals surface area contributed by atoms with Crippen LogP contribution in [0.15, 0.2) is 12.7 Å². The van der Waals surface area contributed by atoms with E-state index in [9.17, 15) is 9.59 Å². The summed E-state index contributed by atoms with van der Waals surface area (Å²) in [5.41, 5.74) is -0.776. The zero-order valence-electron chi connectivity index (χ0n) is 13.8. The van der Waals surface area contributed by atoms with E-state index in [4.69, 9.17) is 9.47 Å². The first-order valence-electron chi connectivity index (χ1n) is 8.25. The molecule has 0 aromatic rings. The zero-order valence-corrected chi connectivity index (χ0v) is 13.8. The Hall–Kier alpha value is -1.32. The third-order valence-electron chi connectivity index (χ3n) is 6.10. The van der Waals surface area contributed by atoms with Crippen molar-refractivity contribution in [3.05, 3.63) is 12.7 Å².